The summed E-state index contributed by atoms with van der Waals surface area (Å²) < 4.78 is 26.5. The van der Waals surface area contributed by atoms with Crippen LogP contribution in [0, 0.1) is 6.92 Å². The molecule has 0 unspecified atom stereocenters. The van der Waals surface area contributed by atoms with E-state index in [0.717, 1.165) is 36.8 Å². The molecule has 0 aliphatic carbocycles. The summed E-state index contributed by atoms with van der Waals surface area (Å²) in [4.78, 5) is 28.8. The lowest BCUT2D eigenvalue weighted by Crippen LogP contribution is -2.69. The normalized spacial score (nSPS) is 14.9. The number of ketones is 1. The van der Waals surface area contributed by atoms with E-state index in [9.17, 15) is 23.1 Å². The Balaban J connectivity index is 1.73. The van der Waals surface area contributed by atoms with Gasteiger partial charge in [0.05, 0.1) is 17.9 Å². The molecule has 3 rings (SSSR count). The second kappa shape index (κ2) is 10.5. The number of carboxylic acid groups (broad SMARTS) is 1. The molecule has 184 valence electrons. The van der Waals surface area contributed by atoms with Crippen LogP contribution in [0.3, 0.4) is 0 Å². The Morgan fingerprint density at radius 3 is 2.68 bits per heavy atom. The fourth-order valence-corrected chi connectivity index (χ4v) is 6.23. The number of sulfone groups is 1. The highest BCUT2D eigenvalue weighted by Gasteiger charge is 2.51. The number of benzene rings is 1. The number of hydrogen-bond donors (Lipinski definition) is 5. The monoisotopic (exact) mass is 509 g/mol. The van der Waals surface area contributed by atoms with Crippen molar-refractivity contribution >= 4 is 38.9 Å². The lowest BCUT2D eigenvalue weighted by atomic mass is 10.0. The van der Waals surface area contributed by atoms with E-state index in [1.165, 1.54) is 18.2 Å². The molecule has 14 heteroatoms. The first-order valence-corrected chi connectivity index (χ1v) is 12.9. The number of carbonyl (C=O) groups excluding carboxylic acids is 1. The van der Waals surface area contributed by atoms with Gasteiger partial charge in [0.25, 0.3) is 0 Å². The Hall–Kier alpha value is -2.94. The van der Waals surface area contributed by atoms with E-state index in [4.69, 9.17) is 11.5 Å². The van der Waals surface area contributed by atoms with Gasteiger partial charge in [-0.1, -0.05) is 12.1 Å². The van der Waals surface area contributed by atoms with Crippen LogP contribution in [0.25, 0.3) is 0 Å². The minimum absolute atomic E-state index is 0.237. The van der Waals surface area contributed by atoms with Gasteiger partial charge in [-0.15, -0.1) is 21.5 Å². The molecule has 0 saturated heterocycles. The van der Waals surface area contributed by atoms with Crippen LogP contribution in [0.2, 0.25) is 0 Å². The molecular weight excluding hydrogens is 482 g/mol. The molecule has 0 saturated carbocycles. The summed E-state index contributed by atoms with van der Waals surface area (Å²) in [5.41, 5.74) is 9.14. The molecule has 0 bridgehead atoms. The standard InChI is InChI=1S/C20H27N7O5S2/c1-12-4-2-5-13(10-12)34(31,32)17(20(21,22)18(29)30)14(28)11-16-27-26-15(33-16)6-3-7-23-19-24-8-9-25-19/h2,4-5,10,17H,3,6-9,11,21-22H2,1H3,(H,29,30)(H2,23,24,25)/t17-/m1/s1. The molecule has 0 amide bonds. The summed E-state index contributed by atoms with van der Waals surface area (Å²) in [6.45, 7) is 3.89. The van der Waals surface area contributed by atoms with Crippen molar-refractivity contribution in [3.63, 3.8) is 0 Å². The lowest BCUT2D eigenvalue weighted by Gasteiger charge is -2.28. The molecule has 0 fully saturated rings. The first-order chi connectivity index (χ1) is 16.0. The van der Waals surface area contributed by atoms with Crippen LogP contribution in [0.1, 0.15) is 22.0 Å². The molecule has 2 aromatic rings. The zero-order valence-corrected chi connectivity index (χ0v) is 20.2. The third-order valence-corrected chi connectivity index (χ3v) is 8.26. The summed E-state index contributed by atoms with van der Waals surface area (Å²) in [7, 11) is -4.51. The maximum absolute atomic E-state index is 13.3. The molecular formula is C20H27N7O5S2. The Morgan fingerprint density at radius 1 is 1.29 bits per heavy atom. The smallest absolute Gasteiger partial charge is 0.340 e. The van der Waals surface area contributed by atoms with Crippen LogP contribution in [-0.4, -0.2) is 72.0 Å². The first kappa shape index (κ1) is 25.7. The number of nitrogens with one attached hydrogen (secondary N) is 2. The molecule has 7 N–H and O–H groups in total. The maximum atomic E-state index is 13.3. The number of hydrogen-bond acceptors (Lipinski definition) is 12. The third kappa shape index (κ3) is 5.94. The van der Waals surface area contributed by atoms with Crippen molar-refractivity contribution in [3.05, 3.63) is 39.8 Å². The van der Waals surface area contributed by atoms with E-state index in [-0.39, 0.29) is 9.90 Å². The zero-order valence-electron chi connectivity index (χ0n) is 18.5. The Kier molecular flexibility index (Phi) is 7.97. The number of aromatic nitrogens is 2. The van der Waals surface area contributed by atoms with E-state index >= 15 is 0 Å². The number of aryl methyl sites for hydroxylation is 2. The molecule has 1 atom stereocenters. The molecule has 1 aliphatic heterocycles. The fourth-order valence-electron chi connectivity index (χ4n) is 3.40. The number of nitrogens with two attached hydrogens (primary N) is 2. The van der Waals surface area contributed by atoms with Crippen molar-refractivity contribution in [2.45, 2.75) is 42.0 Å². The van der Waals surface area contributed by atoms with Gasteiger partial charge in [-0.25, -0.2) is 13.2 Å². The predicted octanol–water partition coefficient (Wildman–Crippen LogP) is -1.02. The van der Waals surface area contributed by atoms with Gasteiger partial charge in [-0.05, 0) is 31.0 Å². The lowest BCUT2D eigenvalue weighted by molar-refractivity contribution is -0.144. The topological polar surface area (TPSA) is 203 Å². The number of carbonyl (C=O) groups is 2. The quantitative estimate of drug-likeness (QED) is 0.183. The predicted molar refractivity (Wildman–Crippen MR) is 126 cm³/mol. The van der Waals surface area contributed by atoms with Gasteiger partial charge in [0.1, 0.15) is 10.0 Å². The number of carboxylic acids is 1. The summed E-state index contributed by atoms with van der Waals surface area (Å²) in [6.07, 6.45) is 0.862. The van der Waals surface area contributed by atoms with Crippen molar-refractivity contribution in [3.8, 4) is 0 Å². The SMILES string of the molecule is Cc1cccc(S(=O)(=O)[C@H](C(=O)Cc2nnc(CCCNC3=NCCN3)s2)C(N)(N)C(=O)O)c1. The van der Waals surface area contributed by atoms with E-state index in [0.29, 0.717) is 23.5 Å². The largest absolute Gasteiger partial charge is 0.479 e. The van der Waals surface area contributed by atoms with Crippen molar-refractivity contribution in [1.82, 2.24) is 20.8 Å². The van der Waals surface area contributed by atoms with Crippen LogP contribution < -0.4 is 22.1 Å². The number of Topliss-reactive ketones (excluding diaryl/α,β-unsaturated/α-hetero) is 1. The van der Waals surface area contributed by atoms with Crippen molar-refractivity contribution in [1.29, 1.82) is 0 Å². The summed E-state index contributed by atoms with van der Waals surface area (Å²) in [6, 6.07) is 5.75. The highest BCUT2D eigenvalue weighted by Crippen LogP contribution is 2.25. The molecule has 2 heterocycles. The van der Waals surface area contributed by atoms with Crippen molar-refractivity contribution in [2.24, 2.45) is 16.5 Å². The van der Waals surface area contributed by atoms with Gasteiger partial charge >= 0.3 is 5.97 Å². The Labute approximate surface area is 200 Å². The van der Waals surface area contributed by atoms with Crippen LogP contribution in [0.4, 0.5) is 0 Å². The van der Waals surface area contributed by atoms with Crippen LogP contribution in [-0.2, 0) is 32.3 Å². The fraction of sp³-hybridized carbons (Fsp3) is 0.450. The highest BCUT2D eigenvalue weighted by molar-refractivity contribution is 7.93. The average molecular weight is 510 g/mol. The minimum atomic E-state index is -4.51. The van der Waals surface area contributed by atoms with Gasteiger partial charge in [0.15, 0.2) is 32.5 Å². The van der Waals surface area contributed by atoms with Crippen LogP contribution in [0.15, 0.2) is 34.2 Å². The average Bonchev–Trinajstić information content (AvgIpc) is 3.43. The number of rotatable bonds is 11. The molecule has 34 heavy (non-hydrogen) atoms. The zero-order chi connectivity index (χ0) is 24.9. The summed E-state index contributed by atoms with van der Waals surface area (Å²) in [5.74, 6) is -2.02. The minimum Gasteiger partial charge on any atom is -0.479 e. The number of aliphatic carboxylic acids is 1. The number of nitrogens with zero attached hydrogens (tertiary/aromatic N) is 3. The second-order valence-corrected chi connectivity index (χ2v) is 11.1. The Morgan fingerprint density at radius 2 is 2.03 bits per heavy atom. The molecule has 1 aromatic carbocycles. The van der Waals surface area contributed by atoms with E-state index in [1.807, 2.05) is 0 Å². The van der Waals surface area contributed by atoms with Gasteiger partial charge in [0, 0.05) is 19.5 Å². The molecule has 12 nitrogen and oxygen atoms in total. The van der Waals surface area contributed by atoms with Crippen LogP contribution >= 0.6 is 11.3 Å². The third-order valence-electron chi connectivity index (χ3n) is 5.09. The second-order valence-electron chi connectivity index (χ2n) is 7.90. The van der Waals surface area contributed by atoms with Crippen molar-refractivity contribution in [2.75, 3.05) is 19.6 Å². The highest BCUT2D eigenvalue weighted by atomic mass is 32.2. The van der Waals surface area contributed by atoms with E-state index in [2.05, 4.69) is 25.8 Å². The van der Waals surface area contributed by atoms with Gasteiger partial charge in [-0.2, -0.15) is 0 Å². The van der Waals surface area contributed by atoms with E-state index in [1.54, 1.807) is 13.0 Å². The molecule has 1 aromatic heterocycles. The van der Waals surface area contributed by atoms with E-state index < -0.39 is 38.9 Å². The van der Waals surface area contributed by atoms with Crippen molar-refractivity contribution < 1.29 is 23.1 Å². The summed E-state index contributed by atoms with van der Waals surface area (Å²) in [5, 5.41) is 22.4. The van der Waals surface area contributed by atoms with Gasteiger partial charge < -0.3 is 27.2 Å². The van der Waals surface area contributed by atoms with Crippen LogP contribution in [0.5, 0.6) is 0 Å². The number of guanidine groups is 1. The molecule has 1 aliphatic rings. The van der Waals surface area contributed by atoms with Gasteiger partial charge in [-0.3, -0.25) is 9.79 Å². The first-order valence-electron chi connectivity index (χ1n) is 10.5. The Bertz CT molecular complexity index is 1190. The van der Waals surface area contributed by atoms with Gasteiger partial charge in [0.2, 0.25) is 0 Å². The molecule has 0 radical (unpaired) electrons. The molecule has 0 spiro atoms. The number of aliphatic imine (C=N–C) groups is 1. The summed E-state index contributed by atoms with van der Waals surface area (Å²) >= 11 is 1.15. The maximum Gasteiger partial charge on any atom is 0.340 e.